The quantitative estimate of drug-likeness (QED) is 0.125. The minimum absolute atomic E-state index is 1.15. The van der Waals surface area contributed by atoms with E-state index in [9.17, 15) is 0 Å². The van der Waals surface area contributed by atoms with Gasteiger partial charge in [-0.25, -0.2) is 0 Å². The standard InChI is InChI=1S/C58H36N2/c1-3-19-40(20-4-1)59-52-29-14-13-25-44(52)50-35-55-51(36-54(50)59)49-34-39(31-33-53(49)60(55)41-21-5-2-6-22-41)56-46-26-11-12-27-47(46)58(45-28-15-18-37-16-7-9-23-42(37)45)57-43-24-10-8-17-38(43)30-32-48(56)57/h1-36H. The fraction of sp³-hybridized carbons (Fsp3) is 0. The molecule has 13 aromatic rings. The summed E-state index contributed by atoms with van der Waals surface area (Å²) in [4.78, 5) is 0. The van der Waals surface area contributed by atoms with Gasteiger partial charge in [0.1, 0.15) is 0 Å². The third-order valence-electron chi connectivity index (χ3n) is 12.8. The second-order valence-corrected chi connectivity index (χ2v) is 16.0. The molecular formula is C58H36N2. The lowest BCUT2D eigenvalue weighted by Crippen LogP contribution is -1.94. The van der Waals surface area contributed by atoms with Crippen LogP contribution in [0.2, 0.25) is 0 Å². The highest BCUT2D eigenvalue weighted by atomic mass is 15.0. The van der Waals surface area contributed by atoms with Crippen molar-refractivity contribution in [3.05, 3.63) is 218 Å². The van der Waals surface area contributed by atoms with Crippen molar-refractivity contribution in [2.75, 3.05) is 0 Å². The number of rotatable bonds is 4. The molecule has 0 aliphatic rings. The smallest absolute Gasteiger partial charge is 0.0548 e. The van der Waals surface area contributed by atoms with Gasteiger partial charge in [0.05, 0.1) is 22.1 Å². The second-order valence-electron chi connectivity index (χ2n) is 16.0. The molecule has 13 rings (SSSR count). The van der Waals surface area contributed by atoms with Gasteiger partial charge >= 0.3 is 0 Å². The van der Waals surface area contributed by atoms with Gasteiger partial charge in [0.15, 0.2) is 0 Å². The number of hydrogen-bond acceptors (Lipinski definition) is 0. The molecule has 2 nitrogen and oxygen atoms in total. The zero-order chi connectivity index (χ0) is 39.3. The molecule has 2 heteroatoms. The van der Waals surface area contributed by atoms with Crippen LogP contribution in [0.3, 0.4) is 0 Å². The van der Waals surface area contributed by atoms with Crippen molar-refractivity contribution < 1.29 is 0 Å². The molecule has 0 amide bonds. The highest BCUT2D eigenvalue weighted by Gasteiger charge is 2.23. The maximum atomic E-state index is 2.46. The van der Waals surface area contributed by atoms with Gasteiger partial charge in [0.25, 0.3) is 0 Å². The van der Waals surface area contributed by atoms with Crippen LogP contribution in [0.1, 0.15) is 0 Å². The van der Waals surface area contributed by atoms with Crippen LogP contribution in [-0.4, -0.2) is 9.13 Å². The largest absolute Gasteiger partial charge is 0.309 e. The molecule has 0 saturated carbocycles. The van der Waals surface area contributed by atoms with E-state index in [-0.39, 0.29) is 0 Å². The summed E-state index contributed by atoms with van der Waals surface area (Å²) in [6.45, 7) is 0. The van der Waals surface area contributed by atoms with Crippen molar-refractivity contribution in [1.82, 2.24) is 9.13 Å². The van der Waals surface area contributed by atoms with E-state index < -0.39 is 0 Å². The lowest BCUT2D eigenvalue weighted by Gasteiger charge is -2.20. The van der Waals surface area contributed by atoms with Gasteiger partial charge in [0, 0.05) is 32.9 Å². The Labute approximate surface area is 346 Å². The highest BCUT2D eigenvalue weighted by molar-refractivity contribution is 6.30. The van der Waals surface area contributed by atoms with Gasteiger partial charge in [-0.1, -0.05) is 164 Å². The summed E-state index contributed by atoms with van der Waals surface area (Å²) in [6, 6.07) is 80.6. The summed E-state index contributed by atoms with van der Waals surface area (Å²) in [7, 11) is 0. The maximum absolute atomic E-state index is 2.46. The Kier molecular flexibility index (Phi) is 7.05. The molecule has 60 heavy (non-hydrogen) atoms. The molecule has 278 valence electrons. The first-order valence-corrected chi connectivity index (χ1v) is 20.8. The van der Waals surface area contributed by atoms with Crippen LogP contribution in [0, 0.1) is 0 Å². The third kappa shape index (κ3) is 4.70. The number of nitrogens with zero attached hydrogens (tertiary/aromatic N) is 2. The van der Waals surface area contributed by atoms with Crippen molar-refractivity contribution in [2.45, 2.75) is 0 Å². The zero-order valence-electron chi connectivity index (χ0n) is 32.7. The number of fused-ring (bicyclic) bond motifs is 11. The van der Waals surface area contributed by atoms with Crippen molar-refractivity contribution >= 4 is 86.7 Å². The number of benzene rings is 11. The van der Waals surface area contributed by atoms with E-state index in [0.29, 0.717) is 0 Å². The summed E-state index contributed by atoms with van der Waals surface area (Å²) in [6.07, 6.45) is 0. The van der Waals surface area contributed by atoms with Crippen LogP contribution >= 0.6 is 0 Å². The predicted molar refractivity (Wildman–Crippen MR) is 256 cm³/mol. The summed E-state index contributed by atoms with van der Waals surface area (Å²) < 4.78 is 4.88. The molecule has 0 aliphatic carbocycles. The fourth-order valence-electron chi connectivity index (χ4n) is 10.3. The lowest BCUT2D eigenvalue weighted by atomic mass is 9.83. The summed E-state index contributed by atoms with van der Waals surface area (Å²) in [5, 5.41) is 15.0. The molecular weight excluding hydrogens is 725 g/mol. The van der Waals surface area contributed by atoms with Crippen LogP contribution < -0.4 is 0 Å². The summed E-state index contributed by atoms with van der Waals surface area (Å²) in [5.41, 5.74) is 12.1. The van der Waals surface area contributed by atoms with E-state index in [1.54, 1.807) is 0 Å². The first-order valence-electron chi connectivity index (χ1n) is 20.8. The van der Waals surface area contributed by atoms with Gasteiger partial charge in [-0.15, -0.1) is 0 Å². The number of para-hydroxylation sites is 3. The molecule has 2 heterocycles. The van der Waals surface area contributed by atoms with E-state index in [1.807, 2.05) is 0 Å². The number of hydrogen-bond donors (Lipinski definition) is 0. The van der Waals surface area contributed by atoms with Crippen LogP contribution in [0.15, 0.2) is 218 Å². The molecule has 11 aromatic carbocycles. The van der Waals surface area contributed by atoms with Crippen LogP contribution in [0.5, 0.6) is 0 Å². The zero-order valence-corrected chi connectivity index (χ0v) is 32.7. The van der Waals surface area contributed by atoms with Gasteiger partial charge in [-0.05, 0) is 120 Å². The molecule has 0 aliphatic heterocycles. The van der Waals surface area contributed by atoms with Crippen molar-refractivity contribution in [3.63, 3.8) is 0 Å². The molecule has 0 N–H and O–H groups in total. The molecule has 2 aromatic heterocycles. The summed E-state index contributed by atoms with van der Waals surface area (Å²) in [5.74, 6) is 0. The Morgan fingerprint density at radius 2 is 0.750 bits per heavy atom. The maximum Gasteiger partial charge on any atom is 0.0548 e. The first-order chi connectivity index (χ1) is 29.8. The van der Waals surface area contributed by atoms with E-state index in [1.165, 1.54) is 109 Å². The Balaban J connectivity index is 1.18. The van der Waals surface area contributed by atoms with E-state index in [0.717, 1.165) is 11.4 Å². The molecule has 0 radical (unpaired) electrons. The Morgan fingerprint density at radius 3 is 1.45 bits per heavy atom. The fourth-order valence-corrected chi connectivity index (χ4v) is 10.3. The van der Waals surface area contributed by atoms with Crippen molar-refractivity contribution in [2.24, 2.45) is 0 Å². The Bertz CT molecular complexity index is 3860. The van der Waals surface area contributed by atoms with Gasteiger partial charge < -0.3 is 9.13 Å². The molecule has 0 fully saturated rings. The topological polar surface area (TPSA) is 9.86 Å². The van der Waals surface area contributed by atoms with E-state index in [2.05, 4.69) is 228 Å². The van der Waals surface area contributed by atoms with Crippen molar-refractivity contribution in [3.8, 4) is 33.6 Å². The van der Waals surface area contributed by atoms with Gasteiger partial charge in [-0.3, -0.25) is 0 Å². The average molecular weight is 761 g/mol. The van der Waals surface area contributed by atoms with E-state index in [4.69, 9.17) is 0 Å². The normalized spacial score (nSPS) is 12.0. The minimum atomic E-state index is 1.15. The van der Waals surface area contributed by atoms with E-state index >= 15 is 0 Å². The minimum Gasteiger partial charge on any atom is -0.309 e. The second kappa shape index (κ2) is 12.8. The molecule has 0 unspecified atom stereocenters. The van der Waals surface area contributed by atoms with Crippen LogP contribution in [0.25, 0.3) is 120 Å². The lowest BCUT2D eigenvalue weighted by molar-refractivity contribution is 1.17. The van der Waals surface area contributed by atoms with Gasteiger partial charge in [0.2, 0.25) is 0 Å². The molecule has 0 atom stereocenters. The predicted octanol–water partition coefficient (Wildman–Crippen LogP) is 15.8. The SMILES string of the molecule is c1ccc(-n2c3ccccc3c3cc4c(cc32)c2cc(-c3c5ccccc5c(-c5cccc6ccccc56)c5c3ccc3ccccc35)ccc2n4-c2ccccc2)cc1. The van der Waals surface area contributed by atoms with Crippen molar-refractivity contribution in [1.29, 1.82) is 0 Å². The highest BCUT2D eigenvalue weighted by Crippen LogP contribution is 2.49. The van der Waals surface area contributed by atoms with Crippen LogP contribution in [0.4, 0.5) is 0 Å². The Morgan fingerprint density at radius 1 is 0.250 bits per heavy atom. The van der Waals surface area contributed by atoms with Gasteiger partial charge in [-0.2, -0.15) is 0 Å². The molecule has 0 bridgehead atoms. The average Bonchev–Trinajstić information content (AvgIpc) is 3.81. The summed E-state index contributed by atoms with van der Waals surface area (Å²) >= 11 is 0. The third-order valence-corrected chi connectivity index (χ3v) is 12.8. The Hall–Kier alpha value is -7.94. The molecule has 0 spiro atoms. The molecule has 0 saturated heterocycles. The van der Waals surface area contributed by atoms with Crippen LogP contribution in [-0.2, 0) is 0 Å². The number of aromatic nitrogens is 2. The first kappa shape index (κ1) is 33.1. The monoisotopic (exact) mass is 760 g/mol.